The largest absolute Gasteiger partial charge is 0.393 e. The molecule has 5 N–H and O–H groups in total. The topological polar surface area (TPSA) is 119 Å². The molecule has 0 aliphatic heterocycles. The number of rotatable bonds is 9. The molecule has 6 rings (SSSR count). The first-order valence-electron chi connectivity index (χ1n) is 17.9. The Labute approximate surface area is 280 Å². The Bertz CT molecular complexity index is 1500. The average molecular weight is 643 g/mol. The van der Waals surface area contributed by atoms with Crippen LogP contribution in [-0.4, -0.2) is 39.5 Å². The molecule has 2 aromatic carbocycles. The van der Waals surface area contributed by atoms with Crippen LogP contribution in [0.25, 0.3) is 0 Å². The van der Waals surface area contributed by atoms with Crippen molar-refractivity contribution in [2.24, 2.45) is 34.5 Å². The van der Waals surface area contributed by atoms with Crippen molar-refractivity contribution in [3.63, 3.8) is 0 Å². The summed E-state index contributed by atoms with van der Waals surface area (Å²) in [6.45, 7) is 7.18. The number of hydrogen-bond acceptors (Lipinski definition) is 5. The van der Waals surface area contributed by atoms with E-state index < -0.39 is 12.1 Å². The number of carbonyl (C=O) groups is 2. The first-order valence-corrected chi connectivity index (χ1v) is 17.9. The molecule has 7 nitrogen and oxygen atoms in total. The van der Waals surface area contributed by atoms with Crippen molar-refractivity contribution in [2.45, 2.75) is 117 Å². The third kappa shape index (κ3) is 6.56. The molecule has 3 fully saturated rings. The minimum absolute atomic E-state index is 0.0219. The van der Waals surface area contributed by atoms with E-state index in [9.17, 15) is 24.9 Å². The molecule has 4 aliphatic carbocycles. The summed E-state index contributed by atoms with van der Waals surface area (Å²) in [5, 5.41) is 37.3. The molecule has 3 saturated carbocycles. The van der Waals surface area contributed by atoms with E-state index >= 15 is 0 Å². The number of aliphatic hydroxyl groups excluding tert-OH is 3. The monoisotopic (exact) mass is 642 g/mol. The fourth-order valence-electron chi connectivity index (χ4n) is 10.3. The second-order valence-corrected chi connectivity index (χ2v) is 15.5. The number of carbonyl (C=O) groups excluding carboxylic acids is 2. The maximum atomic E-state index is 12.9. The van der Waals surface area contributed by atoms with Crippen LogP contribution < -0.4 is 10.6 Å². The molecule has 0 bridgehead atoms. The predicted octanol–water partition coefficient (Wildman–Crippen LogP) is 6.57. The van der Waals surface area contributed by atoms with Crippen LogP contribution in [0.1, 0.15) is 107 Å². The highest BCUT2D eigenvalue weighted by Crippen LogP contribution is 2.65. The van der Waals surface area contributed by atoms with E-state index in [0.717, 1.165) is 73.6 Å². The third-order valence-electron chi connectivity index (χ3n) is 13.1. The minimum Gasteiger partial charge on any atom is -0.393 e. The van der Waals surface area contributed by atoms with Gasteiger partial charge in [0.05, 0.1) is 18.8 Å². The Hall–Kier alpha value is -3.00. The fraction of sp³-hybridized carbons (Fsp3) is 0.600. The molecule has 0 saturated heterocycles. The number of nitrogens with one attached hydrogen (secondary N) is 2. The quantitative estimate of drug-likeness (QED) is 0.199. The molecule has 8 unspecified atom stereocenters. The Morgan fingerprint density at radius 2 is 1.60 bits per heavy atom. The number of aliphatic hydroxyl groups is 3. The van der Waals surface area contributed by atoms with Gasteiger partial charge in [0.25, 0.3) is 0 Å². The van der Waals surface area contributed by atoms with Crippen molar-refractivity contribution < 1.29 is 24.9 Å². The maximum Gasteiger partial charge on any atom is 0.321 e. The van der Waals surface area contributed by atoms with Crippen molar-refractivity contribution in [1.29, 1.82) is 0 Å². The van der Waals surface area contributed by atoms with Gasteiger partial charge in [-0.15, -0.1) is 0 Å². The van der Waals surface area contributed by atoms with E-state index in [2.05, 4.69) is 31.4 Å². The van der Waals surface area contributed by atoms with Gasteiger partial charge in [0, 0.05) is 18.4 Å². The van der Waals surface area contributed by atoms with Gasteiger partial charge in [-0.3, -0.25) is 10.1 Å². The lowest BCUT2D eigenvalue weighted by Gasteiger charge is -2.58. The Morgan fingerprint density at radius 3 is 2.32 bits per heavy atom. The van der Waals surface area contributed by atoms with Gasteiger partial charge in [-0.05, 0) is 116 Å². The van der Waals surface area contributed by atoms with Gasteiger partial charge in [-0.2, -0.15) is 0 Å². The number of urea groups is 1. The Balaban J connectivity index is 1.03. The zero-order valence-corrected chi connectivity index (χ0v) is 28.4. The first kappa shape index (κ1) is 33.9. The van der Waals surface area contributed by atoms with Crippen molar-refractivity contribution in [3.05, 3.63) is 81.9 Å². The molecule has 7 heteroatoms. The molecule has 0 aromatic heterocycles. The van der Waals surface area contributed by atoms with Crippen molar-refractivity contribution in [2.75, 3.05) is 0 Å². The van der Waals surface area contributed by atoms with Gasteiger partial charge < -0.3 is 20.6 Å². The van der Waals surface area contributed by atoms with E-state index in [1.165, 1.54) is 5.57 Å². The Morgan fingerprint density at radius 1 is 0.915 bits per heavy atom. The van der Waals surface area contributed by atoms with Gasteiger partial charge in [-0.25, -0.2) is 4.79 Å². The number of fused-ring (bicyclic) bond motifs is 4. The molecule has 8 atom stereocenters. The SMILES string of the molecule is CC(CCC(=O)NC(=O)NCc1ccccc1Cc1ccccc1CO)C1CCC2=C3CCC4CC(O)CCC4(C)C3CC(O)C21C. The zero-order chi connectivity index (χ0) is 33.3. The molecule has 2 aromatic rings. The summed E-state index contributed by atoms with van der Waals surface area (Å²) in [6.07, 6.45) is 8.90. The number of imide groups is 1. The Kier molecular flexibility index (Phi) is 9.99. The smallest absolute Gasteiger partial charge is 0.321 e. The summed E-state index contributed by atoms with van der Waals surface area (Å²) in [4.78, 5) is 25.6. The zero-order valence-electron chi connectivity index (χ0n) is 28.4. The van der Waals surface area contributed by atoms with Crippen LogP contribution in [-0.2, 0) is 24.4 Å². The van der Waals surface area contributed by atoms with Crippen LogP contribution in [0.15, 0.2) is 59.7 Å². The predicted molar refractivity (Wildman–Crippen MR) is 183 cm³/mol. The van der Waals surface area contributed by atoms with Gasteiger partial charge in [0.15, 0.2) is 0 Å². The third-order valence-corrected chi connectivity index (χ3v) is 13.1. The van der Waals surface area contributed by atoms with Crippen LogP contribution in [0.5, 0.6) is 0 Å². The van der Waals surface area contributed by atoms with Gasteiger partial charge in [0.1, 0.15) is 0 Å². The lowest BCUT2D eigenvalue weighted by Crippen LogP contribution is -2.52. The van der Waals surface area contributed by atoms with Gasteiger partial charge >= 0.3 is 6.03 Å². The summed E-state index contributed by atoms with van der Waals surface area (Å²) in [5.41, 5.74) is 6.96. The van der Waals surface area contributed by atoms with E-state index in [4.69, 9.17) is 0 Å². The van der Waals surface area contributed by atoms with E-state index in [1.54, 1.807) is 5.57 Å². The standard InChI is InChI=1S/C40H54N2O5/c1-25(33-15-16-34-32-14-13-30-21-31(44)18-19-39(30,2)35(32)22-36(45)40(33,34)3)12-17-37(46)42-38(47)41-23-28-10-6-4-8-26(28)20-27-9-5-7-11-29(27)24-43/h4-11,25,30-31,33,35-36,43-45H,12-24H2,1-3H3,(H2,41,42,46,47). The average Bonchev–Trinajstić information content (AvgIpc) is 3.43. The highest BCUT2D eigenvalue weighted by molar-refractivity contribution is 5.94. The molecular weight excluding hydrogens is 588 g/mol. The second-order valence-electron chi connectivity index (χ2n) is 15.5. The lowest BCUT2D eigenvalue weighted by molar-refractivity contribution is -0.120. The van der Waals surface area contributed by atoms with E-state index in [0.29, 0.717) is 37.1 Å². The minimum atomic E-state index is -0.499. The fourth-order valence-corrected chi connectivity index (χ4v) is 10.3. The number of allylic oxidation sites excluding steroid dienone is 1. The summed E-state index contributed by atoms with van der Waals surface area (Å²) in [5.74, 6) is 1.20. The molecule has 4 aliphatic rings. The molecule has 3 amide bonds. The van der Waals surface area contributed by atoms with Crippen molar-refractivity contribution in [3.8, 4) is 0 Å². The maximum absolute atomic E-state index is 12.9. The molecule has 254 valence electrons. The molecular formula is C40H54N2O5. The first-order chi connectivity index (χ1) is 22.5. The molecule has 0 heterocycles. The summed E-state index contributed by atoms with van der Waals surface area (Å²) in [7, 11) is 0. The lowest BCUT2D eigenvalue weighted by atomic mass is 9.48. The normalized spacial score (nSPS) is 32.2. The molecule has 0 radical (unpaired) electrons. The van der Waals surface area contributed by atoms with Crippen molar-refractivity contribution in [1.82, 2.24) is 10.6 Å². The van der Waals surface area contributed by atoms with Crippen LogP contribution >= 0.6 is 0 Å². The summed E-state index contributed by atoms with van der Waals surface area (Å²) < 4.78 is 0. The number of amides is 3. The van der Waals surface area contributed by atoms with Crippen molar-refractivity contribution >= 4 is 11.9 Å². The van der Waals surface area contributed by atoms with Crippen LogP contribution in [0.2, 0.25) is 0 Å². The second kappa shape index (κ2) is 13.9. The highest BCUT2D eigenvalue weighted by Gasteiger charge is 2.59. The van der Waals surface area contributed by atoms with Gasteiger partial charge in [0.2, 0.25) is 5.91 Å². The van der Waals surface area contributed by atoms with Gasteiger partial charge in [-0.1, -0.05) is 80.4 Å². The summed E-state index contributed by atoms with van der Waals surface area (Å²) >= 11 is 0. The van der Waals surface area contributed by atoms with Crippen LogP contribution in [0.3, 0.4) is 0 Å². The molecule has 0 spiro atoms. The number of benzene rings is 2. The van der Waals surface area contributed by atoms with E-state index in [-0.39, 0.29) is 41.8 Å². The van der Waals surface area contributed by atoms with E-state index in [1.807, 2.05) is 48.5 Å². The van der Waals surface area contributed by atoms with Crippen LogP contribution in [0, 0.1) is 34.5 Å². The number of hydrogen-bond donors (Lipinski definition) is 5. The van der Waals surface area contributed by atoms with Crippen LogP contribution in [0.4, 0.5) is 4.79 Å². The highest BCUT2D eigenvalue weighted by atomic mass is 16.3. The summed E-state index contributed by atoms with van der Waals surface area (Å²) in [6, 6.07) is 15.2. The molecule has 47 heavy (non-hydrogen) atoms.